The maximum absolute atomic E-state index is 6.89. The molecule has 4 aromatic heterocycles. The van der Waals surface area contributed by atoms with Crippen molar-refractivity contribution in [2.45, 2.75) is 5.41 Å². The number of hydrogen-bond donors (Lipinski definition) is 0. The average Bonchev–Trinajstić information content (AvgIpc) is 3.87. The Morgan fingerprint density at radius 1 is 0.482 bits per heavy atom. The van der Waals surface area contributed by atoms with Crippen LogP contribution >= 0.6 is 0 Å². The quantitative estimate of drug-likeness (QED) is 0.167. The van der Waals surface area contributed by atoms with Gasteiger partial charge in [0.05, 0.1) is 27.8 Å². The molecule has 0 saturated heterocycles. The fraction of sp³-hybridized carbons (Fsp3) is 0.0196. The molecule has 11 aromatic rings. The van der Waals surface area contributed by atoms with E-state index in [2.05, 4.69) is 185 Å². The number of fused-ring (bicyclic) bond motifs is 11. The number of nitrogens with zero attached hydrogens (tertiary/aromatic N) is 4. The van der Waals surface area contributed by atoms with E-state index >= 15 is 0 Å². The van der Waals surface area contributed by atoms with E-state index in [1.807, 2.05) is 18.3 Å². The van der Waals surface area contributed by atoms with E-state index in [-0.39, 0.29) is 0 Å². The molecule has 1 aliphatic rings. The first kappa shape index (κ1) is 30.9. The highest BCUT2D eigenvalue weighted by Crippen LogP contribution is 2.54. The normalized spacial score (nSPS) is 13.1. The SMILES string of the molecule is c1ccc(-c2cn3c4ccccc4c4ccc(Oc5ccc6c(c5)-n5c7ncccc7c7cccc(c75)C6(c5ccccc5)c5ccccc5)cc4c3n2)cc1. The Kier molecular flexibility index (Phi) is 6.48. The van der Waals surface area contributed by atoms with Gasteiger partial charge in [-0.25, -0.2) is 9.97 Å². The van der Waals surface area contributed by atoms with Gasteiger partial charge in [-0.2, -0.15) is 0 Å². The molecule has 0 fully saturated rings. The summed E-state index contributed by atoms with van der Waals surface area (Å²) in [5.74, 6) is 1.49. The number of pyridine rings is 2. The van der Waals surface area contributed by atoms with Crippen molar-refractivity contribution in [3.05, 3.63) is 217 Å². The van der Waals surface area contributed by atoms with Crippen molar-refractivity contribution in [1.29, 1.82) is 0 Å². The van der Waals surface area contributed by atoms with Gasteiger partial charge in [0.2, 0.25) is 0 Å². The lowest BCUT2D eigenvalue weighted by molar-refractivity contribution is 0.482. The van der Waals surface area contributed by atoms with Crippen LogP contribution in [0.5, 0.6) is 11.5 Å². The first-order valence-corrected chi connectivity index (χ1v) is 19.0. The van der Waals surface area contributed by atoms with E-state index in [0.717, 1.165) is 66.9 Å². The minimum absolute atomic E-state index is 0.590. The van der Waals surface area contributed by atoms with Gasteiger partial charge in [-0.15, -0.1) is 0 Å². The molecule has 5 nitrogen and oxygen atoms in total. The molecule has 0 aliphatic carbocycles. The van der Waals surface area contributed by atoms with Gasteiger partial charge in [0, 0.05) is 45.6 Å². The van der Waals surface area contributed by atoms with E-state index in [9.17, 15) is 0 Å². The predicted molar refractivity (Wildman–Crippen MR) is 226 cm³/mol. The molecular weight excluding hydrogens is 685 g/mol. The van der Waals surface area contributed by atoms with E-state index in [4.69, 9.17) is 14.7 Å². The number of hydrogen-bond acceptors (Lipinski definition) is 3. The van der Waals surface area contributed by atoms with Crippen molar-refractivity contribution in [3.63, 3.8) is 0 Å². The molecule has 5 heterocycles. The average molecular weight is 717 g/mol. The fourth-order valence-corrected chi connectivity index (χ4v) is 9.37. The van der Waals surface area contributed by atoms with Crippen molar-refractivity contribution in [2.24, 2.45) is 0 Å². The zero-order chi connectivity index (χ0) is 36.8. The second-order valence-electron chi connectivity index (χ2n) is 14.6. The van der Waals surface area contributed by atoms with Gasteiger partial charge in [0.15, 0.2) is 0 Å². The number of para-hydroxylation sites is 2. The largest absolute Gasteiger partial charge is 0.457 e. The van der Waals surface area contributed by atoms with Crippen LogP contribution in [0, 0.1) is 0 Å². The molecule has 7 aromatic carbocycles. The minimum Gasteiger partial charge on any atom is -0.457 e. The maximum atomic E-state index is 6.89. The van der Waals surface area contributed by atoms with Crippen LogP contribution in [0.2, 0.25) is 0 Å². The van der Waals surface area contributed by atoms with Crippen LogP contribution in [0.25, 0.3) is 66.2 Å². The highest BCUT2D eigenvalue weighted by atomic mass is 16.5. The number of ether oxygens (including phenoxy) is 1. The molecule has 0 bridgehead atoms. The molecule has 1 aliphatic heterocycles. The summed E-state index contributed by atoms with van der Waals surface area (Å²) in [5.41, 5.74) is 11.4. The zero-order valence-electron chi connectivity index (χ0n) is 30.2. The second kappa shape index (κ2) is 11.7. The molecule has 0 amide bonds. The van der Waals surface area contributed by atoms with Gasteiger partial charge < -0.3 is 4.74 Å². The predicted octanol–water partition coefficient (Wildman–Crippen LogP) is 12.3. The van der Waals surface area contributed by atoms with Crippen molar-refractivity contribution >= 4 is 49.3 Å². The topological polar surface area (TPSA) is 44.4 Å². The summed E-state index contributed by atoms with van der Waals surface area (Å²) in [5, 5.41) is 5.64. The summed E-state index contributed by atoms with van der Waals surface area (Å²) in [6.45, 7) is 0. The first-order chi connectivity index (χ1) is 27.8. The third-order valence-electron chi connectivity index (χ3n) is 11.7. The third kappa shape index (κ3) is 4.25. The molecule has 56 heavy (non-hydrogen) atoms. The van der Waals surface area contributed by atoms with E-state index in [1.165, 1.54) is 33.0 Å². The Balaban J connectivity index is 1.09. The summed E-state index contributed by atoms with van der Waals surface area (Å²) >= 11 is 0. The zero-order valence-corrected chi connectivity index (χ0v) is 30.2. The lowest BCUT2D eigenvalue weighted by Crippen LogP contribution is -2.35. The van der Waals surface area contributed by atoms with Crippen LogP contribution in [0.3, 0.4) is 0 Å². The molecule has 0 unspecified atom stereocenters. The van der Waals surface area contributed by atoms with E-state index < -0.39 is 5.41 Å². The molecule has 0 radical (unpaired) electrons. The summed E-state index contributed by atoms with van der Waals surface area (Å²) < 4.78 is 11.4. The monoisotopic (exact) mass is 716 g/mol. The second-order valence-corrected chi connectivity index (χ2v) is 14.6. The summed E-state index contributed by atoms with van der Waals surface area (Å²) in [7, 11) is 0. The van der Waals surface area contributed by atoms with Gasteiger partial charge in [-0.1, -0.05) is 133 Å². The van der Waals surface area contributed by atoms with Crippen molar-refractivity contribution in [3.8, 4) is 28.4 Å². The highest BCUT2D eigenvalue weighted by Gasteiger charge is 2.45. The molecule has 5 heteroatoms. The van der Waals surface area contributed by atoms with E-state index in [0.29, 0.717) is 0 Å². The Bertz CT molecular complexity index is 3290. The number of benzene rings is 7. The third-order valence-corrected chi connectivity index (χ3v) is 11.7. The van der Waals surface area contributed by atoms with Crippen LogP contribution in [0.1, 0.15) is 22.3 Å². The highest BCUT2D eigenvalue weighted by molar-refractivity contribution is 6.13. The Morgan fingerprint density at radius 2 is 1.16 bits per heavy atom. The van der Waals surface area contributed by atoms with Gasteiger partial charge in [0.1, 0.15) is 22.8 Å². The Morgan fingerprint density at radius 3 is 1.96 bits per heavy atom. The van der Waals surface area contributed by atoms with Gasteiger partial charge >= 0.3 is 0 Å². The van der Waals surface area contributed by atoms with Crippen molar-refractivity contribution in [1.82, 2.24) is 18.9 Å². The standard InChI is InChI=1S/C51H32N4O/c1-4-14-33(15-5-1)45-32-54-46-24-11-10-20-39(46)38-27-25-36(30-42(38)50(54)53-45)56-37-26-28-43-47(31-37)55-48-40(41-22-13-29-52-49(41)55)21-12-23-44(48)51(43,34-16-6-2-7-17-34)35-18-8-3-9-19-35/h1-32H. The van der Waals surface area contributed by atoms with Crippen LogP contribution in [0.4, 0.5) is 0 Å². The Hall–Kier alpha value is -7.50. The van der Waals surface area contributed by atoms with Crippen LogP contribution in [0.15, 0.2) is 194 Å². The van der Waals surface area contributed by atoms with Crippen LogP contribution < -0.4 is 4.74 Å². The molecule has 262 valence electrons. The van der Waals surface area contributed by atoms with Crippen molar-refractivity contribution < 1.29 is 4.74 Å². The minimum atomic E-state index is -0.590. The van der Waals surface area contributed by atoms with Crippen LogP contribution in [-0.2, 0) is 5.41 Å². The molecule has 0 atom stereocenters. The Labute approximate surface area is 322 Å². The summed E-state index contributed by atoms with van der Waals surface area (Å²) in [6.07, 6.45) is 4.03. The van der Waals surface area contributed by atoms with Gasteiger partial charge in [0.25, 0.3) is 0 Å². The smallest absolute Gasteiger partial charge is 0.146 e. The molecule has 0 spiro atoms. The number of imidazole rings is 1. The number of aromatic nitrogens is 4. The summed E-state index contributed by atoms with van der Waals surface area (Å²) in [4.78, 5) is 10.2. The van der Waals surface area contributed by atoms with E-state index in [1.54, 1.807) is 0 Å². The molecule has 0 N–H and O–H groups in total. The first-order valence-electron chi connectivity index (χ1n) is 19.0. The van der Waals surface area contributed by atoms with Gasteiger partial charge in [-0.3, -0.25) is 8.97 Å². The molecule has 0 saturated carbocycles. The van der Waals surface area contributed by atoms with Crippen molar-refractivity contribution in [2.75, 3.05) is 0 Å². The molecular formula is C51H32N4O. The number of rotatable bonds is 5. The maximum Gasteiger partial charge on any atom is 0.146 e. The van der Waals surface area contributed by atoms with Gasteiger partial charge in [-0.05, 0) is 70.1 Å². The molecule has 12 rings (SSSR count). The lowest BCUT2D eigenvalue weighted by Gasteiger charge is -2.41. The fourth-order valence-electron chi connectivity index (χ4n) is 9.37. The summed E-state index contributed by atoms with van der Waals surface area (Å²) in [6, 6.07) is 64.6. The van der Waals surface area contributed by atoms with Crippen LogP contribution in [-0.4, -0.2) is 18.9 Å². The lowest BCUT2D eigenvalue weighted by atomic mass is 9.63.